The number of carbonyl (C=O) groups excluding carboxylic acids is 1. The van der Waals surface area contributed by atoms with Gasteiger partial charge >= 0.3 is 0 Å². The van der Waals surface area contributed by atoms with Gasteiger partial charge in [-0.3, -0.25) is 9.69 Å². The summed E-state index contributed by atoms with van der Waals surface area (Å²) >= 11 is 0. The van der Waals surface area contributed by atoms with E-state index in [9.17, 15) is 4.79 Å². The third-order valence-electron chi connectivity index (χ3n) is 5.08. The average molecular weight is 431 g/mol. The van der Waals surface area contributed by atoms with E-state index in [1.807, 2.05) is 24.3 Å². The van der Waals surface area contributed by atoms with Crippen molar-refractivity contribution in [1.82, 2.24) is 4.90 Å². The number of carbonyl (C=O) groups is 1. The molecular weight excluding hydrogens is 400 g/mol. The molecule has 0 saturated carbocycles. The summed E-state index contributed by atoms with van der Waals surface area (Å²) < 4.78 is 27.8. The molecule has 0 aromatic heterocycles. The number of ether oxygens (including phenoxy) is 5. The number of hydrogen-bond donors (Lipinski definition) is 1. The SMILES string of the molecule is CCN(CCC(=O)Nc1cc(OC)c(OC)c(OC)c1)CC1COc2ccccc2O1. The first-order valence-corrected chi connectivity index (χ1v) is 10.3. The maximum atomic E-state index is 12.5. The van der Waals surface area contributed by atoms with Crippen LogP contribution in [0, 0.1) is 0 Å². The highest BCUT2D eigenvalue weighted by atomic mass is 16.6. The zero-order valence-corrected chi connectivity index (χ0v) is 18.5. The van der Waals surface area contributed by atoms with Crippen molar-refractivity contribution in [3.63, 3.8) is 0 Å². The van der Waals surface area contributed by atoms with Crippen LogP contribution in [0.5, 0.6) is 28.7 Å². The van der Waals surface area contributed by atoms with Gasteiger partial charge in [-0.2, -0.15) is 0 Å². The number of fused-ring (bicyclic) bond motifs is 1. The lowest BCUT2D eigenvalue weighted by Crippen LogP contribution is -2.41. The van der Waals surface area contributed by atoms with Gasteiger partial charge in [-0.1, -0.05) is 19.1 Å². The van der Waals surface area contributed by atoms with Crippen LogP contribution in [0.1, 0.15) is 13.3 Å². The fraction of sp³-hybridized carbons (Fsp3) is 0.435. The number of hydrogen-bond acceptors (Lipinski definition) is 7. The molecule has 0 bridgehead atoms. The van der Waals surface area contributed by atoms with Crippen LogP contribution in [-0.4, -0.2) is 64.5 Å². The largest absolute Gasteiger partial charge is 0.493 e. The number of methoxy groups -OCH3 is 3. The number of para-hydroxylation sites is 2. The van der Waals surface area contributed by atoms with Crippen LogP contribution in [-0.2, 0) is 4.79 Å². The minimum atomic E-state index is -0.0983. The zero-order chi connectivity index (χ0) is 22.2. The fourth-order valence-corrected chi connectivity index (χ4v) is 3.46. The maximum Gasteiger partial charge on any atom is 0.225 e. The fourth-order valence-electron chi connectivity index (χ4n) is 3.46. The number of amides is 1. The first-order chi connectivity index (χ1) is 15.1. The van der Waals surface area contributed by atoms with Crippen molar-refractivity contribution in [2.75, 3.05) is 52.9 Å². The lowest BCUT2D eigenvalue weighted by molar-refractivity contribution is -0.116. The standard InChI is InChI=1S/C23H30N2O6/c1-5-25(14-17-15-30-18-8-6-7-9-19(18)31-17)11-10-22(26)24-16-12-20(27-2)23(29-4)21(13-16)28-3/h6-9,12-13,17H,5,10-11,14-15H2,1-4H3,(H,24,26). The Hall–Kier alpha value is -3.13. The molecule has 0 saturated heterocycles. The molecule has 1 N–H and O–H groups in total. The summed E-state index contributed by atoms with van der Waals surface area (Å²) in [5.74, 6) is 2.89. The third kappa shape index (κ3) is 5.73. The van der Waals surface area contributed by atoms with E-state index in [4.69, 9.17) is 23.7 Å². The van der Waals surface area contributed by atoms with Gasteiger partial charge in [0.2, 0.25) is 11.7 Å². The molecule has 0 radical (unpaired) electrons. The zero-order valence-electron chi connectivity index (χ0n) is 18.5. The highest BCUT2D eigenvalue weighted by molar-refractivity contribution is 5.91. The Morgan fingerprint density at radius 3 is 2.39 bits per heavy atom. The van der Waals surface area contributed by atoms with Crippen LogP contribution in [0.25, 0.3) is 0 Å². The van der Waals surface area contributed by atoms with Crippen molar-refractivity contribution < 1.29 is 28.5 Å². The predicted octanol–water partition coefficient (Wildman–Crippen LogP) is 3.20. The van der Waals surface area contributed by atoms with Crippen molar-refractivity contribution in [1.29, 1.82) is 0 Å². The molecule has 1 heterocycles. The van der Waals surface area contributed by atoms with E-state index in [1.54, 1.807) is 12.1 Å². The molecule has 1 amide bonds. The van der Waals surface area contributed by atoms with Crippen molar-refractivity contribution in [3.8, 4) is 28.7 Å². The Morgan fingerprint density at radius 1 is 1.10 bits per heavy atom. The van der Waals surface area contributed by atoms with E-state index < -0.39 is 0 Å². The first kappa shape index (κ1) is 22.6. The van der Waals surface area contributed by atoms with Crippen molar-refractivity contribution >= 4 is 11.6 Å². The minimum absolute atomic E-state index is 0.0759. The van der Waals surface area contributed by atoms with E-state index in [1.165, 1.54) is 21.3 Å². The number of nitrogens with zero attached hydrogens (tertiary/aromatic N) is 1. The monoisotopic (exact) mass is 430 g/mol. The summed E-state index contributed by atoms with van der Waals surface area (Å²) in [6, 6.07) is 11.1. The summed E-state index contributed by atoms with van der Waals surface area (Å²) in [5.41, 5.74) is 0.586. The number of anilines is 1. The number of rotatable bonds is 10. The average Bonchev–Trinajstić information content (AvgIpc) is 2.80. The molecule has 1 unspecified atom stereocenters. The summed E-state index contributed by atoms with van der Waals surface area (Å²) in [7, 11) is 4.62. The maximum absolute atomic E-state index is 12.5. The van der Waals surface area contributed by atoms with Crippen molar-refractivity contribution in [3.05, 3.63) is 36.4 Å². The molecular formula is C23H30N2O6. The lowest BCUT2D eigenvalue weighted by atomic mass is 10.2. The molecule has 2 aromatic carbocycles. The van der Waals surface area contributed by atoms with Gasteiger partial charge in [0.25, 0.3) is 0 Å². The van der Waals surface area contributed by atoms with Gasteiger partial charge in [-0.25, -0.2) is 0 Å². The Kier molecular flexibility index (Phi) is 7.83. The van der Waals surface area contributed by atoms with Gasteiger partial charge in [0.1, 0.15) is 12.7 Å². The van der Waals surface area contributed by atoms with E-state index in [-0.39, 0.29) is 12.0 Å². The van der Waals surface area contributed by atoms with Crippen LogP contribution < -0.4 is 29.0 Å². The number of likely N-dealkylation sites (N-methyl/N-ethyl adjacent to an activating group) is 1. The summed E-state index contributed by atoms with van der Waals surface area (Å²) in [6.07, 6.45) is 0.266. The van der Waals surface area contributed by atoms with Gasteiger partial charge in [-0.15, -0.1) is 0 Å². The smallest absolute Gasteiger partial charge is 0.225 e. The first-order valence-electron chi connectivity index (χ1n) is 10.3. The number of benzene rings is 2. The Balaban J connectivity index is 1.54. The van der Waals surface area contributed by atoms with E-state index in [0.29, 0.717) is 49.1 Å². The Morgan fingerprint density at radius 2 is 1.77 bits per heavy atom. The molecule has 8 heteroatoms. The molecule has 31 heavy (non-hydrogen) atoms. The predicted molar refractivity (Wildman–Crippen MR) is 118 cm³/mol. The molecule has 1 aliphatic heterocycles. The second kappa shape index (κ2) is 10.8. The van der Waals surface area contributed by atoms with Crippen LogP contribution in [0.15, 0.2) is 36.4 Å². The topological polar surface area (TPSA) is 78.5 Å². The number of nitrogens with one attached hydrogen (secondary N) is 1. The molecule has 1 atom stereocenters. The normalized spacial score (nSPS) is 14.8. The van der Waals surface area contributed by atoms with Crippen LogP contribution in [0.3, 0.4) is 0 Å². The minimum Gasteiger partial charge on any atom is -0.493 e. The second-order valence-electron chi connectivity index (χ2n) is 7.10. The molecule has 0 aliphatic carbocycles. The second-order valence-corrected chi connectivity index (χ2v) is 7.10. The lowest BCUT2D eigenvalue weighted by Gasteiger charge is -2.30. The van der Waals surface area contributed by atoms with Gasteiger partial charge in [0, 0.05) is 37.3 Å². The molecule has 2 aromatic rings. The Labute approximate surface area is 183 Å². The van der Waals surface area contributed by atoms with Gasteiger partial charge in [0.05, 0.1) is 21.3 Å². The van der Waals surface area contributed by atoms with E-state index in [2.05, 4.69) is 17.1 Å². The Bertz CT molecular complexity index is 863. The third-order valence-corrected chi connectivity index (χ3v) is 5.08. The summed E-state index contributed by atoms with van der Waals surface area (Å²) in [5, 5.41) is 2.90. The molecule has 168 valence electrons. The van der Waals surface area contributed by atoms with Crippen molar-refractivity contribution in [2.45, 2.75) is 19.4 Å². The highest BCUT2D eigenvalue weighted by Gasteiger charge is 2.23. The molecule has 1 aliphatic rings. The van der Waals surface area contributed by atoms with E-state index >= 15 is 0 Å². The van der Waals surface area contributed by atoms with Crippen LogP contribution in [0.2, 0.25) is 0 Å². The summed E-state index contributed by atoms with van der Waals surface area (Å²) in [6.45, 7) is 4.65. The van der Waals surface area contributed by atoms with Gasteiger partial charge in [-0.05, 0) is 18.7 Å². The quantitative estimate of drug-likeness (QED) is 0.620. The molecule has 8 nitrogen and oxygen atoms in total. The van der Waals surface area contributed by atoms with E-state index in [0.717, 1.165) is 18.0 Å². The molecule has 3 rings (SSSR count). The van der Waals surface area contributed by atoms with Crippen molar-refractivity contribution in [2.24, 2.45) is 0 Å². The van der Waals surface area contributed by atoms with Crippen LogP contribution in [0.4, 0.5) is 5.69 Å². The molecule has 0 fully saturated rings. The highest BCUT2D eigenvalue weighted by Crippen LogP contribution is 2.40. The summed E-state index contributed by atoms with van der Waals surface area (Å²) in [4.78, 5) is 14.7. The van der Waals surface area contributed by atoms with Crippen LogP contribution >= 0.6 is 0 Å². The van der Waals surface area contributed by atoms with Gasteiger partial charge in [0.15, 0.2) is 23.0 Å². The van der Waals surface area contributed by atoms with Gasteiger partial charge < -0.3 is 29.0 Å². The molecule has 0 spiro atoms.